The third-order valence-electron chi connectivity index (χ3n) is 4.87. The number of ketones is 1. The largest absolute Gasteiger partial charge is 0.452 e. The molecule has 33 heavy (non-hydrogen) atoms. The molecular formula is C22H14N2O8S. The highest BCUT2D eigenvalue weighted by atomic mass is 32.2. The Balaban J connectivity index is 1.48. The molecule has 1 heterocycles. The van der Waals surface area contributed by atoms with Crippen LogP contribution < -0.4 is 5.32 Å². The summed E-state index contributed by atoms with van der Waals surface area (Å²) in [4.78, 5) is 46.7. The Morgan fingerprint density at radius 1 is 0.939 bits per heavy atom. The van der Waals surface area contributed by atoms with E-state index in [9.17, 15) is 32.9 Å². The summed E-state index contributed by atoms with van der Waals surface area (Å²) in [6.45, 7) is -0.679. The van der Waals surface area contributed by atoms with Crippen LogP contribution in [0.5, 0.6) is 0 Å². The van der Waals surface area contributed by atoms with Crippen LogP contribution in [0.3, 0.4) is 0 Å². The van der Waals surface area contributed by atoms with Crippen molar-refractivity contribution in [2.24, 2.45) is 0 Å². The summed E-state index contributed by atoms with van der Waals surface area (Å²) in [5.41, 5.74) is -0.0290. The van der Waals surface area contributed by atoms with E-state index in [0.29, 0.717) is 0 Å². The van der Waals surface area contributed by atoms with E-state index in [1.165, 1.54) is 54.6 Å². The number of carbonyl (C=O) groups is 3. The number of amides is 1. The van der Waals surface area contributed by atoms with Crippen LogP contribution in [-0.2, 0) is 19.4 Å². The molecule has 0 bridgehead atoms. The van der Waals surface area contributed by atoms with Crippen molar-refractivity contribution < 1.29 is 32.5 Å². The fourth-order valence-corrected chi connectivity index (χ4v) is 4.97. The molecule has 0 spiro atoms. The van der Waals surface area contributed by atoms with Gasteiger partial charge in [-0.1, -0.05) is 12.1 Å². The number of fused-ring (bicyclic) bond motifs is 2. The van der Waals surface area contributed by atoms with Crippen molar-refractivity contribution in [3.63, 3.8) is 0 Å². The maximum Gasteiger partial charge on any atom is 0.338 e. The zero-order valence-corrected chi connectivity index (χ0v) is 17.5. The maximum atomic E-state index is 12.9. The van der Waals surface area contributed by atoms with Crippen LogP contribution in [0.25, 0.3) is 0 Å². The van der Waals surface area contributed by atoms with Crippen molar-refractivity contribution in [1.29, 1.82) is 0 Å². The number of anilines is 1. The van der Waals surface area contributed by atoms with Gasteiger partial charge in [-0.05, 0) is 42.5 Å². The molecule has 1 N–H and O–H groups in total. The maximum absolute atomic E-state index is 12.9. The van der Waals surface area contributed by atoms with E-state index in [1.807, 2.05) is 0 Å². The summed E-state index contributed by atoms with van der Waals surface area (Å²) in [6.07, 6.45) is 0. The van der Waals surface area contributed by atoms with Crippen molar-refractivity contribution in [3.05, 3.63) is 93.5 Å². The van der Waals surface area contributed by atoms with Crippen LogP contribution in [0, 0.1) is 10.1 Å². The van der Waals surface area contributed by atoms with E-state index in [0.717, 1.165) is 6.07 Å². The molecule has 3 aromatic rings. The van der Waals surface area contributed by atoms with Crippen LogP contribution in [-0.4, -0.2) is 37.6 Å². The van der Waals surface area contributed by atoms with Gasteiger partial charge in [-0.3, -0.25) is 19.7 Å². The number of benzene rings is 3. The van der Waals surface area contributed by atoms with Gasteiger partial charge < -0.3 is 10.1 Å². The first-order chi connectivity index (χ1) is 15.7. The first kappa shape index (κ1) is 21.8. The topological polar surface area (TPSA) is 150 Å². The summed E-state index contributed by atoms with van der Waals surface area (Å²) in [5.74, 6) is -2.14. The zero-order valence-electron chi connectivity index (χ0n) is 16.7. The molecule has 0 saturated carbocycles. The number of nitrogens with one attached hydrogen (secondary N) is 1. The van der Waals surface area contributed by atoms with E-state index in [1.54, 1.807) is 6.07 Å². The second-order valence-corrected chi connectivity index (χ2v) is 8.85. The zero-order chi connectivity index (χ0) is 23.8. The minimum atomic E-state index is -4.03. The smallest absolute Gasteiger partial charge is 0.338 e. The number of esters is 1. The number of nitro groups is 1. The van der Waals surface area contributed by atoms with Gasteiger partial charge in [0.25, 0.3) is 11.6 Å². The molecule has 166 valence electrons. The Bertz CT molecular complexity index is 1430. The predicted octanol–water partition coefficient (Wildman–Crippen LogP) is 2.77. The molecule has 11 heteroatoms. The monoisotopic (exact) mass is 466 g/mol. The fraction of sp³-hybridized carbons (Fsp3) is 0.0455. The van der Waals surface area contributed by atoms with Crippen molar-refractivity contribution in [2.45, 2.75) is 9.79 Å². The third kappa shape index (κ3) is 4.08. The molecule has 0 atom stereocenters. The predicted molar refractivity (Wildman–Crippen MR) is 114 cm³/mol. The van der Waals surface area contributed by atoms with Crippen molar-refractivity contribution in [3.8, 4) is 0 Å². The first-order valence-corrected chi connectivity index (χ1v) is 10.9. The summed E-state index contributed by atoms with van der Waals surface area (Å²) >= 11 is 0. The molecule has 4 rings (SSSR count). The Morgan fingerprint density at radius 2 is 1.61 bits per heavy atom. The Hall–Kier alpha value is -4.38. The molecule has 0 saturated heterocycles. The number of ether oxygens (including phenoxy) is 1. The lowest BCUT2D eigenvalue weighted by atomic mass is 10.0. The Morgan fingerprint density at radius 3 is 2.30 bits per heavy atom. The highest BCUT2D eigenvalue weighted by Gasteiger charge is 2.35. The van der Waals surface area contributed by atoms with Gasteiger partial charge in [0.05, 0.1) is 20.3 Å². The van der Waals surface area contributed by atoms with Crippen LogP contribution in [0.15, 0.2) is 76.5 Å². The van der Waals surface area contributed by atoms with Gasteiger partial charge in [0.15, 0.2) is 12.4 Å². The van der Waals surface area contributed by atoms with E-state index >= 15 is 0 Å². The lowest BCUT2D eigenvalue weighted by Gasteiger charge is -2.19. The van der Waals surface area contributed by atoms with Crippen LogP contribution in [0.4, 0.5) is 11.4 Å². The van der Waals surface area contributed by atoms with E-state index in [2.05, 4.69) is 5.32 Å². The van der Waals surface area contributed by atoms with Gasteiger partial charge >= 0.3 is 5.97 Å². The number of nitro benzene ring substituents is 1. The van der Waals surface area contributed by atoms with Crippen LogP contribution in [0.2, 0.25) is 0 Å². The molecule has 10 nitrogen and oxygen atoms in total. The molecule has 0 aliphatic carbocycles. The van der Waals surface area contributed by atoms with Gasteiger partial charge in [0.2, 0.25) is 9.84 Å². The van der Waals surface area contributed by atoms with Crippen molar-refractivity contribution in [2.75, 3.05) is 11.9 Å². The Labute approximate surface area is 186 Å². The van der Waals surface area contributed by atoms with Gasteiger partial charge in [0, 0.05) is 28.9 Å². The molecule has 0 unspecified atom stereocenters. The number of rotatable bonds is 5. The normalized spacial score (nSPS) is 13.4. The van der Waals surface area contributed by atoms with Gasteiger partial charge in [-0.2, -0.15) is 0 Å². The number of carbonyl (C=O) groups excluding carboxylic acids is 3. The highest BCUT2D eigenvalue weighted by Crippen LogP contribution is 2.34. The average Bonchev–Trinajstić information content (AvgIpc) is 2.81. The summed E-state index contributed by atoms with van der Waals surface area (Å²) in [7, 11) is -4.03. The number of hydrogen-bond donors (Lipinski definition) is 1. The second-order valence-electron chi connectivity index (χ2n) is 6.97. The van der Waals surface area contributed by atoms with E-state index in [-0.39, 0.29) is 37.9 Å². The molecule has 0 fully saturated rings. The van der Waals surface area contributed by atoms with Gasteiger partial charge in [0.1, 0.15) is 0 Å². The number of nitrogens with zero attached hydrogens (tertiary/aromatic N) is 1. The minimum Gasteiger partial charge on any atom is -0.452 e. The molecular weight excluding hydrogens is 452 g/mol. The minimum absolute atomic E-state index is 0.0545. The third-order valence-corrected chi connectivity index (χ3v) is 6.72. The van der Waals surface area contributed by atoms with Gasteiger partial charge in [-0.15, -0.1) is 0 Å². The molecule has 1 aliphatic rings. The molecule has 0 radical (unpaired) electrons. The summed E-state index contributed by atoms with van der Waals surface area (Å²) in [5, 5.41) is 13.1. The lowest BCUT2D eigenvalue weighted by Crippen LogP contribution is -2.22. The lowest BCUT2D eigenvalue weighted by molar-refractivity contribution is -0.384. The number of sulfone groups is 1. The van der Waals surface area contributed by atoms with Crippen LogP contribution >= 0.6 is 0 Å². The van der Waals surface area contributed by atoms with Crippen molar-refractivity contribution in [1.82, 2.24) is 0 Å². The quantitative estimate of drug-likeness (QED) is 0.268. The van der Waals surface area contributed by atoms with Gasteiger partial charge in [-0.25, -0.2) is 13.2 Å². The SMILES string of the molecule is O=C(COC(=O)c1ccc2c(c1)S(=O)(=O)c1ccccc1C2=O)Nc1ccc([N+](=O)[O-])cc1. The van der Waals surface area contributed by atoms with Crippen LogP contribution in [0.1, 0.15) is 26.3 Å². The van der Waals surface area contributed by atoms with E-state index in [4.69, 9.17) is 4.74 Å². The first-order valence-electron chi connectivity index (χ1n) is 9.43. The van der Waals surface area contributed by atoms with Crippen molar-refractivity contribution >= 4 is 38.9 Å². The number of non-ortho nitro benzene ring substituents is 1. The standard InChI is InChI=1S/C22H14N2O8S/c25-20(23-14-6-8-15(9-7-14)24(28)29)12-32-22(27)13-5-10-17-19(11-13)33(30,31)18-4-2-1-3-16(18)21(17)26/h1-11H,12H2,(H,23,25). The summed E-state index contributed by atoms with van der Waals surface area (Å²) < 4.78 is 30.8. The second kappa shape index (κ2) is 8.28. The number of hydrogen-bond acceptors (Lipinski definition) is 8. The highest BCUT2D eigenvalue weighted by molar-refractivity contribution is 7.91. The molecule has 1 aliphatic heterocycles. The molecule has 1 amide bonds. The molecule has 0 aromatic heterocycles. The van der Waals surface area contributed by atoms with E-state index < -0.39 is 39.0 Å². The average molecular weight is 466 g/mol. The summed E-state index contributed by atoms with van der Waals surface area (Å²) in [6, 6.07) is 14.4. The Kier molecular flexibility index (Phi) is 5.48. The molecule has 3 aromatic carbocycles. The fourth-order valence-electron chi connectivity index (χ4n) is 3.29.